The van der Waals surface area contributed by atoms with Crippen molar-refractivity contribution in [2.24, 2.45) is 33.5 Å². The number of phosphoric ester groups is 4. The van der Waals surface area contributed by atoms with Crippen LogP contribution in [-0.2, 0) is 64.4 Å². The van der Waals surface area contributed by atoms with Crippen molar-refractivity contribution >= 4 is 71.2 Å². The molecule has 6 aromatic rings. The van der Waals surface area contributed by atoms with Crippen molar-refractivity contribution in [3.63, 3.8) is 0 Å². The van der Waals surface area contributed by atoms with E-state index < -0.39 is 139 Å². The van der Waals surface area contributed by atoms with Crippen LogP contribution in [0.5, 0.6) is 0 Å². The second-order valence-corrected chi connectivity index (χ2v) is 41.8. The molecule has 0 radical (unpaired) electrons. The molecule has 4 fully saturated rings. The third kappa shape index (κ3) is 33.5. The highest BCUT2D eigenvalue weighted by molar-refractivity contribution is 7.48. The number of hydrogen-bond donors (Lipinski definition) is 11. The van der Waals surface area contributed by atoms with Crippen LogP contribution in [0.15, 0.2) is 56.6 Å². The molecule has 4 saturated heterocycles. The quantitative estimate of drug-likeness (QED) is 0.0356. The second kappa shape index (κ2) is 38.9. The first-order chi connectivity index (χ1) is 51.6. The molecule has 114 heavy (non-hydrogen) atoms. The van der Waals surface area contributed by atoms with Crippen LogP contribution in [0.4, 0.5) is 17.6 Å². The monoisotopic (exact) mass is 1700 g/mol. The van der Waals surface area contributed by atoms with Crippen LogP contribution >= 0.6 is 31.3 Å². The summed E-state index contributed by atoms with van der Waals surface area (Å²) in [6.45, 7) is 48.8. The molecule has 4 aliphatic heterocycles. The van der Waals surface area contributed by atoms with E-state index in [0.29, 0.717) is 48.8 Å². The van der Waals surface area contributed by atoms with E-state index >= 15 is 0 Å². The molecule has 10 heterocycles. The first-order valence-electron chi connectivity index (χ1n) is 37.5. The normalized spacial score (nSPS) is 24.1. The molecule has 0 bridgehead atoms. The Morgan fingerprint density at radius 1 is 0.482 bits per heavy atom. The summed E-state index contributed by atoms with van der Waals surface area (Å²) in [7, 11) is -18.0. The number of fused-ring (bicyclic) bond motifs is 2. The molecule has 0 aliphatic carbocycles. The van der Waals surface area contributed by atoms with Gasteiger partial charge in [-0.2, -0.15) is 9.97 Å². The van der Waals surface area contributed by atoms with Crippen LogP contribution in [0.3, 0.4) is 0 Å². The van der Waals surface area contributed by atoms with E-state index in [4.69, 9.17) is 73.1 Å². The number of H-pyrrole nitrogens is 2. The van der Waals surface area contributed by atoms with Crippen LogP contribution in [0.2, 0.25) is 0 Å². The first kappa shape index (κ1) is 98.7. The third-order valence-electron chi connectivity index (χ3n) is 15.9. The van der Waals surface area contributed by atoms with E-state index in [-0.39, 0.29) is 69.7 Å². The third-order valence-corrected chi connectivity index (χ3v) is 19.6. The predicted molar refractivity (Wildman–Crippen MR) is 428 cm³/mol. The summed E-state index contributed by atoms with van der Waals surface area (Å²) in [5.74, 6) is 2.01. The topological polar surface area (TPSA) is 557 Å². The molecule has 14 atom stereocenters. The molecule has 43 heteroatoms. The molecule has 648 valence electrons. The van der Waals surface area contributed by atoms with Gasteiger partial charge in [-0.05, 0) is 114 Å². The molecule has 10 rings (SSSR count). The van der Waals surface area contributed by atoms with Crippen molar-refractivity contribution in [1.29, 1.82) is 0 Å². The summed E-state index contributed by atoms with van der Waals surface area (Å²) in [5, 5.41) is 0. The smallest absolute Gasteiger partial charge is 0.383 e. The summed E-state index contributed by atoms with van der Waals surface area (Å²) >= 11 is 0. The average molecular weight is 1700 g/mol. The van der Waals surface area contributed by atoms with Crippen molar-refractivity contribution in [2.75, 3.05) is 17.2 Å². The van der Waals surface area contributed by atoms with E-state index in [1.54, 1.807) is 59.4 Å². The maximum Gasteiger partial charge on any atom is 0.473 e. The fraction of sp³-hybridized carbons (Fsp3) is 0.746. The summed E-state index contributed by atoms with van der Waals surface area (Å²) in [4.78, 5) is 133. The zero-order valence-corrected chi connectivity index (χ0v) is 73.8. The van der Waals surface area contributed by atoms with Crippen LogP contribution in [0.1, 0.15) is 248 Å². The number of phosphoric acid groups is 4. The maximum atomic E-state index is 12.5. The number of ether oxygens (including phenoxy) is 4. The Bertz CT molecular complexity index is 4580. The highest BCUT2D eigenvalue weighted by atomic mass is 31.2. The molecule has 2 unspecified atom stereocenters. The van der Waals surface area contributed by atoms with Gasteiger partial charge in [-0.15, -0.1) is 0 Å². The Morgan fingerprint density at radius 2 is 0.833 bits per heavy atom. The number of anilines is 3. The van der Waals surface area contributed by atoms with Crippen LogP contribution in [-0.4, -0.2) is 148 Å². The second-order valence-electron chi connectivity index (χ2n) is 36.8. The first-order valence-corrected chi connectivity index (χ1v) is 43.5. The summed E-state index contributed by atoms with van der Waals surface area (Å²) in [6, 6.07) is 1.50. The van der Waals surface area contributed by atoms with Gasteiger partial charge in [0.2, 0.25) is 5.95 Å². The highest BCUT2D eigenvalue weighted by Gasteiger charge is 2.48. The van der Waals surface area contributed by atoms with Gasteiger partial charge in [-0.1, -0.05) is 125 Å². The summed E-state index contributed by atoms with van der Waals surface area (Å²) < 4.78 is 109. The van der Waals surface area contributed by atoms with Crippen molar-refractivity contribution in [2.45, 2.75) is 309 Å². The van der Waals surface area contributed by atoms with E-state index in [0.717, 1.165) is 11.8 Å². The number of aryl methyl sites for hydroxylation is 1. The lowest BCUT2D eigenvalue weighted by molar-refractivity contribution is -0.0426. The molecule has 4 aliphatic rings. The summed E-state index contributed by atoms with van der Waals surface area (Å²) in [6.07, 6.45) is 2.70. The van der Waals surface area contributed by atoms with Gasteiger partial charge < -0.3 is 65.5 Å². The molecule has 0 amide bonds. The van der Waals surface area contributed by atoms with Crippen molar-refractivity contribution in [1.82, 2.24) is 58.1 Å². The number of nitrogens with one attached hydrogen (secondary N) is 2. The molecule has 0 spiro atoms. The van der Waals surface area contributed by atoms with Crippen LogP contribution < -0.4 is 39.7 Å². The highest BCUT2D eigenvalue weighted by Crippen LogP contribution is 2.55. The van der Waals surface area contributed by atoms with Gasteiger partial charge in [0.1, 0.15) is 42.6 Å². The van der Waals surface area contributed by atoms with Gasteiger partial charge >= 0.3 is 42.7 Å². The number of aromatic nitrogens is 12. The van der Waals surface area contributed by atoms with Crippen LogP contribution in [0.25, 0.3) is 22.3 Å². The fourth-order valence-electron chi connectivity index (χ4n) is 12.2. The van der Waals surface area contributed by atoms with Gasteiger partial charge in [0.25, 0.3) is 11.1 Å². The fourth-order valence-corrected chi connectivity index (χ4v) is 15.9. The Hall–Kier alpha value is -5.86. The lowest BCUT2D eigenvalue weighted by atomic mass is 9.87. The van der Waals surface area contributed by atoms with Gasteiger partial charge in [0.05, 0.1) is 72.7 Å². The van der Waals surface area contributed by atoms with E-state index in [9.17, 15) is 57.0 Å². The molecule has 0 saturated carbocycles. The van der Waals surface area contributed by atoms with E-state index in [1.807, 2.05) is 62.3 Å². The molecule has 39 nitrogen and oxygen atoms in total. The molecular formula is C71H125N15O24P4. The van der Waals surface area contributed by atoms with Gasteiger partial charge in [-0.25, -0.2) is 47.8 Å². The molecule has 6 aromatic heterocycles. The Labute approximate surface area is 665 Å². The van der Waals surface area contributed by atoms with Gasteiger partial charge in [0.15, 0.2) is 22.6 Å². The molecular weight excluding hydrogens is 1570 g/mol. The van der Waals surface area contributed by atoms with Crippen molar-refractivity contribution < 1.29 is 93.7 Å². The maximum absolute atomic E-state index is 12.5. The van der Waals surface area contributed by atoms with E-state index in [1.165, 1.54) is 44.8 Å². The Balaban J connectivity index is 0.000000263. The predicted octanol–water partition coefficient (Wildman–Crippen LogP) is 11.6. The minimum Gasteiger partial charge on any atom is -0.383 e. The average Bonchev–Trinajstić information content (AvgIpc) is 1.64. The van der Waals surface area contributed by atoms with Gasteiger partial charge in [0, 0.05) is 43.6 Å². The molecule has 0 aromatic carbocycles. The Morgan fingerprint density at radius 3 is 1.19 bits per heavy atom. The lowest BCUT2D eigenvalue weighted by Gasteiger charge is -2.29. The number of aromatic amines is 2. The van der Waals surface area contributed by atoms with Gasteiger partial charge in [-0.3, -0.25) is 65.0 Å². The minimum atomic E-state index is -4.69. The van der Waals surface area contributed by atoms with Crippen molar-refractivity contribution in [3.05, 3.63) is 84.7 Å². The minimum absolute atomic E-state index is 0.0588. The van der Waals surface area contributed by atoms with Crippen LogP contribution in [0, 0.1) is 40.4 Å². The number of rotatable bonds is 18. The number of hydrogen-bond acceptors (Lipinski definition) is 27. The number of nitrogens with zero attached hydrogens (tertiary/aromatic N) is 10. The molecule has 14 N–H and O–H groups in total. The largest absolute Gasteiger partial charge is 0.473 e. The summed E-state index contributed by atoms with van der Waals surface area (Å²) in [5.41, 5.74) is 14.4. The lowest BCUT2D eigenvalue weighted by Crippen LogP contribution is -2.33. The van der Waals surface area contributed by atoms with Crippen molar-refractivity contribution in [3.8, 4) is 0 Å². The SMILES string of the molecule is CC(C)(C)C[C@H]1O[C@@H](n2ccc(N)nc2=O)C[C@H]1OP(=O)(O)OC(C)(C)C.CC(C)(C)C[C@H]1O[C@@H](n2cnc3c(=O)[nH]c(N)nc32)C[C@H]1OP(=O)(O)O.CC(C)(C)C[C@H]1O[C@@H](n2cnc3c(N)ncnc32)C[C@H]1OP(=O)(O)OC(C)(C)C.CC(C)C.CC(C)C.Cc1cn([C@H]2C[C@@H](OP(=O)(O)O)[C@@H](CC(C)(C)C)O2)c(=O)[nH]c1=O. The standard InChI is InChI=1S/C18H30N5O5P.C17H30N3O6P.C14H22N5O6P.C14H23N2O7P.2C4H10/c1-17(2,3)8-12-11(27-29(24,25)28-18(4,5)6)7-13(26-12)23-10-22-14-15(19)20-9-21-16(14)23;1-16(2,3)10-12-11(25-27(22,23)26-17(4,5)6)9-14(24-12)20-8-7-13(18)19-15(20)21;1-14(2,3)5-8-7(25-26(21,22)23)4-9(24-8)19-6-16-10-11(19)17-13(15)18-12(10)20;1-8-7-16(13(18)15-12(8)17)11-5-9(23-24(19,20)21)10(22-11)6-14(2,3)4;2*1-4(2)3/h9-13H,7-8H2,1-6H3,(H,24,25)(H2,19,20,21);7-8,11-12,14H,9-10H2,1-6H3,(H,22,23)(H2,18,19,21);6-9H,4-5H2,1-3H3,(H2,21,22,23)(H3,15,17,18,20);7,9-11H,5-6H2,1-4H3,(H,15,17,18)(H2,19,20,21);2*4H,1-3H3/t11-,12-,13-;11-,12-,14-;7-,8-,9-;9-,10-,11-;;/m1111../s1. The number of nitrogen functional groups attached to an aromatic ring is 3. The number of nitrogens with two attached hydrogens (primary N) is 3. The van der Waals surface area contributed by atoms with E-state index in [2.05, 4.69) is 102 Å². The zero-order chi connectivity index (χ0) is 86.9. The zero-order valence-electron chi connectivity index (χ0n) is 70.2. The number of imidazole rings is 2. The Kier molecular flexibility index (Phi) is 33.7.